The molecule has 1 unspecified atom stereocenters. The molecular formula is C11H10I3N3O. The molecule has 0 radical (unpaired) electrons. The Labute approximate surface area is 146 Å². The topological polar surface area (TPSA) is 78.9 Å². The van der Waals surface area contributed by atoms with Crippen molar-refractivity contribution in [3.05, 3.63) is 22.3 Å². The van der Waals surface area contributed by atoms with E-state index in [2.05, 4.69) is 79.2 Å². The third kappa shape index (κ3) is 3.83. The molecule has 1 atom stereocenters. The second kappa shape index (κ2) is 7.09. The molecule has 0 aliphatic heterocycles. The number of anilines is 1. The zero-order valence-electron chi connectivity index (χ0n) is 9.43. The van der Waals surface area contributed by atoms with Crippen molar-refractivity contribution < 1.29 is 4.79 Å². The molecule has 0 spiro atoms. The number of carbonyl (C=O) groups excluding carboxylic acids is 1. The summed E-state index contributed by atoms with van der Waals surface area (Å²) in [6.45, 7) is 2.10. The SMILES string of the molecule is CC(C#N)CNC(=O)c1c(I)cc(I)c(N)c1I. The molecule has 1 aromatic carbocycles. The van der Waals surface area contributed by atoms with Crippen LogP contribution in [-0.4, -0.2) is 12.5 Å². The summed E-state index contributed by atoms with van der Waals surface area (Å²) in [5, 5.41) is 11.4. The zero-order valence-corrected chi connectivity index (χ0v) is 15.9. The summed E-state index contributed by atoms with van der Waals surface area (Å²) in [7, 11) is 0. The Morgan fingerprint density at radius 3 is 2.67 bits per heavy atom. The molecule has 1 rings (SSSR count). The first-order chi connectivity index (χ1) is 8.38. The van der Waals surface area contributed by atoms with E-state index in [1.807, 2.05) is 6.07 Å². The first kappa shape index (κ1) is 16.2. The van der Waals surface area contributed by atoms with Gasteiger partial charge < -0.3 is 11.1 Å². The molecule has 96 valence electrons. The molecular weight excluding hydrogens is 571 g/mol. The number of nitrogens with two attached hydrogens (primary N) is 1. The first-order valence-electron chi connectivity index (χ1n) is 4.99. The fraction of sp³-hybridized carbons (Fsp3) is 0.273. The number of nitriles is 1. The second-order valence-corrected chi connectivity index (χ2v) is 7.09. The molecule has 0 aliphatic rings. The molecule has 1 aromatic rings. The average molecular weight is 581 g/mol. The monoisotopic (exact) mass is 581 g/mol. The van der Waals surface area contributed by atoms with Crippen LogP contribution in [0, 0.1) is 28.0 Å². The molecule has 0 aromatic heterocycles. The van der Waals surface area contributed by atoms with Crippen LogP contribution < -0.4 is 11.1 Å². The van der Waals surface area contributed by atoms with Crippen molar-refractivity contribution in [2.24, 2.45) is 5.92 Å². The van der Waals surface area contributed by atoms with Crippen LogP contribution in [0.2, 0.25) is 0 Å². The lowest BCUT2D eigenvalue weighted by Gasteiger charge is -2.12. The molecule has 0 saturated heterocycles. The van der Waals surface area contributed by atoms with E-state index in [4.69, 9.17) is 11.0 Å². The van der Waals surface area contributed by atoms with Gasteiger partial charge in [0.1, 0.15) is 0 Å². The Morgan fingerprint density at radius 2 is 2.11 bits per heavy atom. The minimum atomic E-state index is -0.203. The van der Waals surface area contributed by atoms with Crippen molar-refractivity contribution in [1.29, 1.82) is 5.26 Å². The highest BCUT2D eigenvalue weighted by Gasteiger charge is 2.18. The zero-order chi connectivity index (χ0) is 13.9. The van der Waals surface area contributed by atoms with Crippen molar-refractivity contribution in [1.82, 2.24) is 5.32 Å². The highest BCUT2D eigenvalue weighted by atomic mass is 127. The molecule has 0 saturated carbocycles. The fourth-order valence-electron chi connectivity index (χ4n) is 1.19. The summed E-state index contributed by atoms with van der Waals surface area (Å²) in [4.78, 5) is 12.1. The molecule has 0 heterocycles. The quantitative estimate of drug-likeness (QED) is 0.426. The van der Waals surface area contributed by atoms with Crippen LogP contribution in [0.4, 0.5) is 5.69 Å². The maximum Gasteiger partial charge on any atom is 0.253 e. The van der Waals surface area contributed by atoms with Gasteiger partial charge in [-0.1, -0.05) is 0 Å². The largest absolute Gasteiger partial charge is 0.397 e. The van der Waals surface area contributed by atoms with Gasteiger partial charge in [-0.05, 0) is 80.8 Å². The van der Waals surface area contributed by atoms with Gasteiger partial charge in [0, 0.05) is 13.7 Å². The van der Waals surface area contributed by atoms with Gasteiger partial charge in [0.15, 0.2) is 0 Å². The van der Waals surface area contributed by atoms with E-state index in [0.29, 0.717) is 17.8 Å². The number of carbonyl (C=O) groups is 1. The standard InChI is InChI=1S/C11H10I3N3O/c1-5(3-15)4-17-11(18)8-6(12)2-7(13)10(16)9(8)14/h2,5H,4,16H2,1H3,(H,17,18). The smallest absolute Gasteiger partial charge is 0.253 e. The van der Waals surface area contributed by atoms with Crippen molar-refractivity contribution in [2.75, 3.05) is 12.3 Å². The maximum absolute atomic E-state index is 12.1. The van der Waals surface area contributed by atoms with Crippen molar-refractivity contribution >= 4 is 79.4 Å². The predicted octanol–water partition coefficient (Wildman–Crippen LogP) is 2.97. The number of nitrogens with one attached hydrogen (secondary N) is 1. The lowest BCUT2D eigenvalue weighted by molar-refractivity contribution is 0.0949. The Morgan fingerprint density at radius 1 is 1.50 bits per heavy atom. The van der Waals surface area contributed by atoms with Gasteiger partial charge in [0.2, 0.25) is 0 Å². The summed E-state index contributed by atoms with van der Waals surface area (Å²) >= 11 is 6.34. The van der Waals surface area contributed by atoms with Gasteiger partial charge >= 0.3 is 0 Å². The summed E-state index contributed by atoms with van der Waals surface area (Å²) in [6, 6.07) is 3.95. The molecule has 7 heteroatoms. The Bertz CT molecular complexity index is 525. The van der Waals surface area contributed by atoms with Crippen LogP contribution in [0.3, 0.4) is 0 Å². The minimum absolute atomic E-state index is 0.186. The Kier molecular flexibility index (Phi) is 6.39. The molecule has 0 bridgehead atoms. The van der Waals surface area contributed by atoms with Crippen LogP contribution in [0.15, 0.2) is 6.07 Å². The van der Waals surface area contributed by atoms with Gasteiger partial charge in [-0.15, -0.1) is 0 Å². The maximum atomic E-state index is 12.1. The Hall–Kier alpha value is 0.170. The van der Waals surface area contributed by atoms with E-state index in [1.54, 1.807) is 6.92 Å². The predicted molar refractivity (Wildman–Crippen MR) is 96.1 cm³/mol. The molecule has 3 N–H and O–H groups in total. The van der Waals surface area contributed by atoms with E-state index in [1.165, 1.54) is 0 Å². The molecule has 1 amide bonds. The fourth-order valence-corrected chi connectivity index (χ4v) is 5.05. The molecule has 18 heavy (non-hydrogen) atoms. The number of rotatable bonds is 3. The average Bonchev–Trinajstić information content (AvgIpc) is 2.33. The summed E-state index contributed by atoms with van der Waals surface area (Å²) in [5.74, 6) is -0.389. The van der Waals surface area contributed by atoms with E-state index in [0.717, 1.165) is 10.7 Å². The van der Waals surface area contributed by atoms with E-state index in [-0.39, 0.29) is 11.8 Å². The molecule has 0 fully saturated rings. The third-order valence-corrected chi connectivity index (χ3v) is 5.09. The van der Waals surface area contributed by atoms with E-state index >= 15 is 0 Å². The minimum Gasteiger partial charge on any atom is -0.397 e. The number of amides is 1. The summed E-state index contributed by atoms with van der Waals surface area (Å²) in [6.07, 6.45) is 0. The van der Waals surface area contributed by atoms with Gasteiger partial charge in [0.05, 0.1) is 26.8 Å². The first-order valence-corrected chi connectivity index (χ1v) is 8.22. The summed E-state index contributed by atoms with van der Waals surface area (Å²) in [5.41, 5.74) is 7.12. The van der Waals surface area contributed by atoms with Crippen LogP contribution in [0.1, 0.15) is 17.3 Å². The number of hydrogen-bond acceptors (Lipinski definition) is 3. The normalized spacial score (nSPS) is 11.7. The number of benzene rings is 1. The van der Waals surface area contributed by atoms with Gasteiger partial charge in [-0.2, -0.15) is 5.26 Å². The second-order valence-electron chi connectivity index (χ2n) is 3.68. The highest BCUT2D eigenvalue weighted by molar-refractivity contribution is 14.1. The van der Waals surface area contributed by atoms with Gasteiger partial charge in [-0.25, -0.2) is 0 Å². The van der Waals surface area contributed by atoms with E-state index in [9.17, 15) is 4.79 Å². The number of halogens is 3. The lowest BCUT2D eigenvalue weighted by Crippen LogP contribution is -2.29. The van der Waals surface area contributed by atoms with E-state index < -0.39 is 0 Å². The van der Waals surface area contributed by atoms with Crippen molar-refractivity contribution in [3.8, 4) is 6.07 Å². The van der Waals surface area contributed by atoms with Crippen LogP contribution in [0.5, 0.6) is 0 Å². The van der Waals surface area contributed by atoms with Crippen molar-refractivity contribution in [3.63, 3.8) is 0 Å². The van der Waals surface area contributed by atoms with Gasteiger partial charge in [0.25, 0.3) is 5.91 Å². The number of nitrogens with zero attached hydrogens (tertiary/aromatic N) is 1. The Balaban J connectivity index is 3.00. The van der Waals surface area contributed by atoms with Crippen molar-refractivity contribution in [2.45, 2.75) is 6.92 Å². The van der Waals surface area contributed by atoms with Gasteiger partial charge in [-0.3, -0.25) is 4.79 Å². The summed E-state index contributed by atoms with van der Waals surface area (Å²) < 4.78 is 2.55. The number of nitrogen functional groups attached to an aromatic ring is 1. The lowest BCUT2D eigenvalue weighted by atomic mass is 10.1. The van der Waals surface area contributed by atoms with Crippen LogP contribution in [0.25, 0.3) is 0 Å². The number of hydrogen-bond donors (Lipinski definition) is 2. The molecule has 0 aliphatic carbocycles. The van der Waals surface area contributed by atoms with Crippen LogP contribution >= 0.6 is 67.8 Å². The highest BCUT2D eigenvalue weighted by Crippen LogP contribution is 2.29. The third-order valence-electron chi connectivity index (χ3n) is 2.22. The van der Waals surface area contributed by atoms with Crippen LogP contribution in [-0.2, 0) is 0 Å². The molecule has 4 nitrogen and oxygen atoms in total.